The molecule has 8 nitrogen and oxygen atoms in total. The van der Waals surface area contributed by atoms with Crippen LogP contribution in [0.25, 0.3) is 0 Å². The molecule has 0 N–H and O–H groups in total. The minimum atomic E-state index is -0.752. The highest BCUT2D eigenvalue weighted by atomic mass is 16.8. The summed E-state index contributed by atoms with van der Waals surface area (Å²) in [4.78, 5) is 0. The first kappa shape index (κ1) is 26.6. The van der Waals surface area contributed by atoms with Crippen molar-refractivity contribution in [3.05, 3.63) is 72.3 Å². The fourth-order valence-corrected chi connectivity index (χ4v) is 4.37. The molecule has 196 valence electrons. The second-order valence-corrected chi connectivity index (χ2v) is 9.22. The number of methoxy groups -OCH3 is 2. The summed E-state index contributed by atoms with van der Waals surface area (Å²) in [5, 5.41) is 0. The summed E-state index contributed by atoms with van der Waals surface area (Å²) < 4.78 is 47.4. The molecule has 2 saturated heterocycles. The van der Waals surface area contributed by atoms with Crippen LogP contribution in [0, 0.1) is 0 Å². The molecule has 0 saturated carbocycles. The van der Waals surface area contributed by atoms with E-state index in [1.54, 1.807) is 20.3 Å². The van der Waals surface area contributed by atoms with Crippen LogP contribution in [0.4, 0.5) is 0 Å². The van der Waals surface area contributed by atoms with E-state index in [0.29, 0.717) is 26.4 Å². The van der Waals surface area contributed by atoms with Gasteiger partial charge in [-0.1, -0.05) is 30.3 Å². The van der Waals surface area contributed by atoms with Gasteiger partial charge in [-0.05, 0) is 49.2 Å². The van der Waals surface area contributed by atoms with Gasteiger partial charge in [-0.2, -0.15) is 0 Å². The van der Waals surface area contributed by atoms with E-state index in [-0.39, 0.29) is 12.2 Å². The molecule has 2 heterocycles. The average Bonchev–Trinajstić information content (AvgIpc) is 3.38. The lowest BCUT2D eigenvalue weighted by Crippen LogP contribution is -2.42. The minimum absolute atomic E-state index is 0.300. The number of fused-ring (bicyclic) bond motifs is 1. The van der Waals surface area contributed by atoms with E-state index >= 15 is 0 Å². The van der Waals surface area contributed by atoms with Crippen molar-refractivity contribution >= 4 is 0 Å². The Morgan fingerprint density at radius 2 is 1.47 bits per heavy atom. The monoisotopic (exact) mass is 500 g/mol. The summed E-state index contributed by atoms with van der Waals surface area (Å²) >= 11 is 0. The summed E-state index contributed by atoms with van der Waals surface area (Å²) in [6, 6.07) is 15.5. The van der Waals surface area contributed by atoms with Crippen LogP contribution in [0.5, 0.6) is 11.5 Å². The summed E-state index contributed by atoms with van der Waals surface area (Å²) in [7, 11) is 3.29. The molecule has 36 heavy (non-hydrogen) atoms. The van der Waals surface area contributed by atoms with Gasteiger partial charge in [0, 0.05) is 0 Å². The van der Waals surface area contributed by atoms with Gasteiger partial charge < -0.3 is 37.9 Å². The first-order valence-corrected chi connectivity index (χ1v) is 12.1. The topological polar surface area (TPSA) is 73.8 Å². The van der Waals surface area contributed by atoms with Crippen LogP contribution in [-0.2, 0) is 41.6 Å². The average molecular weight is 501 g/mol. The van der Waals surface area contributed by atoms with Crippen molar-refractivity contribution < 1.29 is 37.9 Å². The predicted octanol–water partition coefficient (Wildman–Crippen LogP) is 4.25. The number of hydrogen-bond acceptors (Lipinski definition) is 8. The Kier molecular flexibility index (Phi) is 9.00. The van der Waals surface area contributed by atoms with Crippen molar-refractivity contribution in [2.45, 2.75) is 63.6 Å². The third-order valence-corrected chi connectivity index (χ3v) is 6.12. The van der Waals surface area contributed by atoms with E-state index < -0.39 is 24.3 Å². The molecule has 0 aromatic heterocycles. The third kappa shape index (κ3) is 6.64. The molecule has 0 radical (unpaired) electrons. The molecule has 0 aliphatic carbocycles. The van der Waals surface area contributed by atoms with E-state index in [1.165, 1.54) is 0 Å². The Labute approximate surface area is 213 Å². The molecule has 2 aliphatic rings. The summed E-state index contributed by atoms with van der Waals surface area (Å²) in [6.07, 6.45) is -0.511. The second-order valence-electron chi connectivity index (χ2n) is 9.22. The highest BCUT2D eigenvalue weighted by Crippen LogP contribution is 2.41. The number of hydrogen-bond donors (Lipinski definition) is 0. The molecule has 5 atom stereocenters. The van der Waals surface area contributed by atoms with E-state index in [1.807, 2.05) is 62.4 Å². The Morgan fingerprint density at radius 3 is 2.06 bits per heavy atom. The molecule has 8 heteroatoms. The molecule has 0 unspecified atom stereocenters. The zero-order chi connectivity index (χ0) is 25.5. The molecule has 0 spiro atoms. The highest BCUT2D eigenvalue weighted by molar-refractivity contribution is 5.27. The van der Waals surface area contributed by atoms with Gasteiger partial charge >= 0.3 is 0 Å². The van der Waals surface area contributed by atoms with E-state index in [4.69, 9.17) is 37.9 Å². The van der Waals surface area contributed by atoms with Gasteiger partial charge in [-0.3, -0.25) is 0 Å². The lowest BCUT2D eigenvalue weighted by Gasteiger charge is -2.29. The smallest absolute Gasteiger partial charge is 0.187 e. The number of rotatable bonds is 13. The van der Waals surface area contributed by atoms with Crippen LogP contribution in [0.15, 0.2) is 61.2 Å². The summed E-state index contributed by atoms with van der Waals surface area (Å²) in [5.41, 5.74) is 2.04. The fraction of sp³-hybridized carbons (Fsp3) is 0.500. The van der Waals surface area contributed by atoms with Crippen LogP contribution >= 0.6 is 0 Å². The first-order chi connectivity index (χ1) is 17.4. The molecule has 0 bridgehead atoms. The van der Waals surface area contributed by atoms with E-state index in [0.717, 1.165) is 22.6 Å². The maximum atomic E-state index is 6.37. The van der Waals surface area contributed by atoms with Gasteiger partial charge in [0.25, 0.3) is 0 Å². The van der Waals surface area contributed by atoms with Crippen molar-refractivity contribution in [2.24, 2.45) is 0 Å². The maximum Gasteiger partial charge on any atom is 0.187 e. The first-order valence-electron chi connectivity index (χ1n) is 12.1. The van der Waals surface area contributed by atoms with Crippen LogP contribution < -0.4 is 9.47 Å². The van der Waals surface area contributed by atoms with Gasteiger partial charge in [-0.15, -0.1) is 6.58 Å². The van der Waals surface area contributed by atoms with E-state index in [9.17, 15) is 0 Å². The van der Waals surface area contributed by atoms with Gasteiger partial charge in [0.2, 0.25) is 0 Å². The SMILES string of the molecule is C=CCO[C@@H]1O[C@H]([C@@H](COCc2ccc(OC)cc2)OCc2ccc(OC)cc2)[C@@H]2OC(C)(C)O[C@H]12. The zero-order valence-electron chi connectivity index (χ0n) is 21.4. The summed E-state index contributed by atoms with van der Waals surface area (Å²) in [6.45, 7) is 8.95. The lowest BCUT2D eigenvalue weighted by atomic mass is 10.1. The number of ether oxygens (including phenoxy) is 8. The lowest BCUT2D eigenvalue weighted by molar-refractivity contribution is -0.247. The molecule has 2 aliphatic heterocycles. The normalized spacial score (nSPS) is 25.3. The molecule has 2 aromatic rings. The Bertz CT molecular complexity index is 959. The molecular formula is C28H36O8. The van der Waals surface area contributed by atoms with Crippen molar-refractivity contribution in [3.8, 4) is 11.5 Å². The van der Waals surface area contributed by atoms with Crippen LogP contribution in [0.1, 0.15) is 25.0 Å². The Balaban J connectivity index is 1.46. The second kappa shape index (κ2) is 12.2. The van der Waals surface area contributed by atoms with E-state index in [2.05, 4.69) is 6.58 Å². The van der Waals surface area contributed by atoms with Crippen molar-refractivity contribution in [1.29, 1.82) is 0 Å². The molecule has 0 amide bonds. The molecule has 4 rings (SSSR count). The Hall–Kier alpha value is -2.46. The number of benzene rings is 2. The standard InChI is InChI=1S/C28H36O8/c1-6-15-32-27-26-25(35-28(2,3)36-26)24(34-27)23(33-17-20-9-13-22(30-5)14-10-20)18-31-16-19-7-11-21(29-4)12-8-19/h6-14,23-27H,1,15-18H2,2-5H3/t23-,24-,25+,26+,27-/m1/s1. The molecule has 2 fully saturated rings. The predicted molar refractivity (Wildman–Crippen MR) is 133 cm³/mol. The quantitative estimate of drug-likeness (QED) is 0.378. The largest absolute Gasteiger partial charge is 0.497 e. The Morgan fingerprint density at radius 1 is 0.889 bits per heavy atom. The highest BCUT2D eigenvalue weighted by Gasteiger charge is 2.58. The summed E-state index contributed by atoms with van der Waals surface area (Å²) in [5.74, 6) is 0.843. The van der Waals surface area contributed by atoms with Gasteiger partial charge in [-0.25, -0.2) is 0 Å². The third-order valence-electron chi connectivity index (χ3n) is 6.12. The maximum absolute atomic E-state index is 6.37. The zero-order valence-corrected chi connectivity index (χ0v) is 21.4. The van der Waals surface area contributed by atoms with Crippen LogP contribution in [-0.4, -0.2) is 63.9 Å². The van der Waals surface area contributed by atoms with Crippen LogP contribution in [0.2, 0.25) is 0 Å². The molecular weight excluding hydrogens is 464 g/mol. The van der Waals surface area contributed by atoms with Crippen molar-refractivity contribution in [2.75, 3.05) is 27.4 Å². The van der Waals surface area contributed by atoms with Gasteiger partial charge in [0.1, 0.15) is 35.9 Å². The minimum Gasteiger partial charge on any atom is -0.497 e. The molecule has 2 aromatic carbocycles. The fourth-order valence-electron chi connectivity index (χ4n) is 4.37. The van der Waals surface area contributed by atoms with Crippen molar-refractivity contribution in [3.63, 3.8) is 0 Å². The van der Waals surface area contributed by atoms with Gasteiger partial charge in [0.15, 0.2) is 12.1 Å². The van der Waals surface area contributed by atoms with Crippen molar-refractivity contribution in [1.82, 2.24) is 0 Å². The van der Waals surface area contributed by atoms with Crippen LogP contribution in [0.3, 0.4) is 0 Å². The van der Waals surface area contributed by atoms with Gasteiger partial charge in [0.05, 0.1) is 40.6 Å².